The average Bonchev–Trinajstić information content (AvgIpc) is 2.80. The van der Waals surface area contributed by atoms with Crippen molar-refractivity contribution in [2.45, 2.75) is 39.2 Å². The molecule has 1 fully saturated rings. The van der Waals surface area contributed by atoms with Crippen molar-refractivity contribution in [2.24, 2.45) is 0 Å². The summed E-state index contributed by atoms with van der Waals surface area (Å²) in [5.74, 6) is 0.623. The molecule has 0 unspecified atom stereocenters. The van der Waals surface area contributed by atoms with E-state index in [-0.39, 0.29) is 5.91 Å². The van der Waals surface area contributed by atoms with Crippen LogP contribution in [0.15, 0.2) is 12.1 Å². The number of carbonyl (C=O) groups is 1. The van der Waals surface area contributed by atoms with Crippen LogP contribution in [0, 0.1) is 6.92 Å². The van der Waals surface area contributed by atoms with Gasteiger partial charge in [0.2, 0.25) is 11.9 Å². The largest absolute Gasteiger partial charge is 0.369 e. The summed E-state index contributed by atoms with van der Waals surface area (Å²) in [5.41, 5.74) is 8.42. The second kappa shape index (κ2) is 5.71. The van der Waals surface area contributed by atoms with E-state index in [0.717, 1.165) is 42.8 Å². The fourth-order valence-electron chi connectivity index (χ4n) is 2.84. The molecule has 2 aromatic rings. The summed E-state index contributed by atoms with van der Waals surface area (Å²) >= 11 is 0. The molecule has 112 valence electrons. The Morgan fingerprint density at radius 1 is 1.24 bits per heavy atom. The van der Waals surface area contributed by atoms with Gasteiger partial charge in [-0.3, -0.25) is 9.36 Å². The first-order valence-corrected chi connectivity index (χ1v) is 7.52. The Hall–Kier alpha value is -2.11. The number of nitrogen functional groups attached to an aromatic ring is 1. The zero-order valence-electron chi connectivity index (χ0n) is 12.4. The summed E-state index contributed by atoms with van der Waals surface area (Å²) in [6, 6.07) is 3.83. The van der Waals surface area contributed by atoms with E-state index in [2.05, 4.69) is 9.97 Å². The van der Waals surface area contributed by atoms with Crippen LogP contribution >= 0.6 is 0 Å². The van der Waals surface area contributed by atoms with Crippen molar-refractivity contribution in [2.75, 3.05) is 18.8 Å². The number of hydrogen-bond donors (Lipinski definition) is 1. The van der Waals surface area contributed by atoms with Gasteiger partial charge >= 0.3 is 0 Å². The molecule has 1 saturated heterocycles. The number of nitrogens with two attached hydrogens (primary N) is 1. The third-order valence-electron chi connectivity index (χ3n) is 4.02. The summed E-state index contributed by atoms with van der Waals surface area (Å²) in [4.78, 5) is 23.0. The molecular formula is C15H21N5O. The Labute approximate surface area is 124 Å². The van der Waals surface area contributed by atoms with Gasteiger partial charge in [-0.1, -0.05) is 0 Å². The number of nitrogens with zero attached hydrogens (tertiary/aromatic N) is 4. The van der Waals surface area contributed by atoms with Crippen molar-refractivity contribution in [3.05, 3.63) is 17.8 Å². The summed E-state index contributed by atoms with van der Waals surface area (Å²) in [6.45, 7) is 4.24. The van der Waals surface area contributed by atoms with Gasteiger partial charge in [0.25, 0.3) is 0 Å². The summed E-state index contributed by atoms with van der Waals surface area (Å²) < 4.78 is 1.84. The molecule has 6 nitrogen and oxygen atoms in total. The zero-order chi connectivity index (χ0) is 14.8. The van der Waals surface area contributed by atoms with Crippen LogP contribution in [0.3, 0.4) is 0 Å². The predicted octanol–water partition coefficient (Wildman–Crippen LogP) is 1.72. The lowest BCUT2D eigenvalue weighted by Crippen LogP contribution is -2.36. The Balaban J connectivity index is 1.74. The second-order valence-corrected chi connectivity index (χ2v) is 5.61. The van der Waals surface area contributed by atoms with Gasteiger partial charge in [-0.25, -0.2) is 9.97 Å². The number of aromatic nitrogens is 3. The Bertz CT molecular complexity index is 657. The number of carbonyl (C=O) groups excluding carboxylic acids is 1. The van der Waals surface area contributed by atoms with Crippen LogP contribution in [0.1, 0.15) is 31.4 Å². The van der Waals surface area contributed by atoms with Gasteiger partial charge in [0, 0.05) is 31.7 Å². The quantitative estimate of drug-likeness (QED) is 0.932. The number of imidazole rings is 1. The maximum absolute atomic E-state index is 12.2. The molecule has 2 N–H and O–H groups in total. The smallest absolute Gasteiger partial charge is 0.224 e. The second-order valence-electron chi connectivity index (χ2n) is 5.61. The number of fused-ring (bicyclic) bond motifs is 1. The number of aryl methyl sites for hydroxylation is 2. The highest BCUT2D eigenvalue weighted by atomic mass is 16.2. The van der Waals surface area contributed by atoms with Crippen molar-refractivity contribution in [3.63, 3.8) is 0 Å². The fourth-order valence-corrected chi connectivity index (χ4v) is 2.84. The lowest BCUT2D eigenvalue weighted by molar-refractivity contribution is -0.132. The first-order valence-electron chi connectivity index (χ1n) is 7.52. The van der Waals surface area contributed by atoms with Crippen LogP contribution in [-0.4, -0.2) is 38.4 Å². The minimum Gasteiger partial charge on any atom is -0.369 e. The van der Waals surface area contributed by atoms with Gasteiger partial charge in [-0.05, 0) is 38.3 Å². The van der Waals surface area contributed by atoms with Gasteiger partial charge in [0.05, 0.1) is 0 Å². The normalized spacial score (nSPS) is 15.6. The molecule has 3 heterocycles. The van der Waals surface area contributed by atoms with Crippen LogP contribution in [-0.2, 0) is 11.3 Å². The predicted molar refractivity (Wildman–Crippen MR) is 81.7 cm³/mol. The number of anilines is 1. The molecule has 0 spiro atoms. The maximum atomic E-state index is 12.2. The van der Waals surface area contributed by atoms with Crippen LogP contribution in [0.5, 0.6) is 0 Å². The number of likely N-dealkylation sites (tertiary alicyclic amines) is 1. The molecule has 0 aliphatic carbocycles. The third kappa shape index (κ3) is 2.84. The van der Waals surface area contributed by atoms with E-state index in [4.69, 9.17) is 5.73 Å². The fraction of sp³-hybridized carbons (Fsp3) is 0.533. The zero-order valence-corrected chi connectivity index (χ0v) is 12.4. The number of hydrogen-bond acceptors (Lipinski definition) is 4. The average molecular weight is 287 g/mol. The topological polar surface area (TPSA) is 77.0 Å². The molecule has 0 aromatic carbocycles. The Morgan fingerprint density at radius 2 is 2.00 bits per heavy atom. The molecule has 1 aliphatic heterocycles. The van der Waals surface area contributed by atoms with Crippen LogP contribution < -0.4 is 5.73 Å². The van der Waals surface area contributed by atoms with Gasteiger partial charge in [-0.2, -0.15) is 0 Å². The monoisotopic (exact) mass is 287 g/mol. The van der Waals surface area contributed by atoms with Crippen LogP contribution in [0.25, 0.3) is 11.2 Å². The van der Waals surface area contributed by atoms with E-state index < -0.39 is 0 Å². The van der Waals surface area contributed by atoms with Crippen LogP contribution in [0.2, 0.25) is 0 Å². The summed E-state index contributed by atoms with van der Waals surface area (Å²) in [5, 5.41) is 0. The van der Waals surface area contributed by atoms with Crippen LogP contribution in [0.4, 0.5) is 5.95 Å². The lowest BCUT2D eigenvalue weighted by Gasteiger charge is -2.26. The van der Waals surface area contributed by atoms with Crippen molar-refractivity contribution in [1.82, 2.24) is 19.4 Å². The van der Waals surface area contributed by atoms with Gasteiger partial charge in [-0.15, -0.1) is 0 Å². The standard InChI is InChI=1S/C15H21N5O/c1-11-5-6-12-14(17-11)20(15(16)18-12)10-7-13(21)19-8-3-2-4-9-19/h5-6H,2-4,7-10H2,1H3,(H2,16,18). The third-order valence-corrected chi connectivity index (χ3v) is 4.02. The highest BCUT2D eigenvalue weighted by molar-refractivity contribution is 5.77. The van der Waals surface area contributed by atoms with E-state index in [9.17, 15) is 4.79 Å². The first kappa shape index (κ1) is 13.9. The molecule has 3 rings (SSSR count). The highest BCUT2D eigenvalue weighted by Gasteiger charge is 2.17. The first-order chi connectivity index (χ1) is 10.1. The van der Waals surface area contributed by atoms with E-state index in [1.54, 1.807) is 0 Å². The molecule has 21 heavy (non-hydrogen) atoms. The summed E-state index contributed by atoms with van der Waals surface area (Å²) in [6.07, 6.45) is 3.91. The van der Waals surface area contributed by atoms with Gasteiger partial charge < -0.3 is 10.6 Å². The number of rotatable bonds is 3. The van der Waals surface area contributed by atoms with Crippen molar-refractivity contribution >= 4 is 23.0 Å². The minimum atomic E-state index is 0.198. The Kier molecular flexibility index (Phi) is 3.77. The highest BCUT2D eigenvalue weighted by Crippen LogP contribution is 2.17. The Morgan fingerprint density at radius 3 is 2.76 bits per heavy atom. The maximum Gasteiger partial charge on any atom is 0.224 e. The van der Waals surface area contributed by atoms with E-state index in [1.807, 2.05) is 28.5 Å². The van der Waals surface area contributed by atoms with E-state index in [1.165, 1.54) is 6.42 Å². The van der Waals surface area contributed by atoms with Gasteiger partial charge in [0.1, 0.15) is 5.52 Å². The molecule has 2 aromatic heterocycles. The molecule has 6 heteroatoms. The van der Waals surface area contributed by atoms with Gasteiger partial charge in [0.15, 0.2) is 5.65 Å². The minimum absolute atomic E-state index is 0.198. The SMILES string of the molecule is Cc1ccc2nc(N)n(CCC(=O)N3CCCCC3)c2n1. The molecular weight excluding hydrogens is 266 g/mol. The van der Waals surface area contributed by atoms with E-state index >= 15 is 0 Å². The molecule has 1 aliphatic rings. The molecule has 0 atom stereocenters. The number of amides is 1. The van der Waals surface area contributed by atoms with E-state index in [0.29, 0.717) is 18.9 Å². The molecule has 0 bridgehead atoms. The summed E-state index contributed by atoms with van der Waals surface area (Å²) in [7, 11) is 0. The van der Waals surface area contributed by atoms with Crippen molar-refractivity contribution < 1.29 is 4.79 Å². The van der Waals surface area contributed by atoms with Crippen molar-refractivity contribution in [3.8, 4) is 0 Å². The number of pyridine rings is 1. The molecule has 0 radical (unpaired) electrons. The molecule has 0 saturated carbocycles. The number of piperidine rings is 1. The molecule has 1 amide bonds. The van der Waals surface area contributed by atoms with Crippen molar-refractivity contribution in [1.29, 1.82) is 0 Å². The lowest BCUT2D eigenvalue weighted by atomic mass is 10.1.